The van der Waals surface area contributed by atoms with Crippen molar-refractivity contribution in [2.75, 3.05) is 24.6 Å². The maximum Gasteiger partial charge on any atom is 0.310 e. The molecule has 0 aromatic carbocycles. The van der Waals surface area contributed by atoms with Crippen molar-refractivity contribution in [3.8, 4) is 0 Å². The van der Waals surface area contributed by atoms with Crippen LogP contribution in [0.3, 0.4) is 0 Å². The van der Waals surface area contributed by atoms with E-state index in [1.165, 1.54) is 6.20 Å². The number of carbonyl (C=O) groups excluding carboxylic acids is 1. The van der Waals surface area contributed by atoms with Crippen LogP contribution in [-0.4, -0.2) is 35.9 Å². The SMILES string of the molecule is CCOC(=O)C1CCCN(c2c(Cl)cn[nH]c2=O)C1. The molecule has 0 bridgehead atoms. The lowest BCUT2D eigenvalue weighted by Gasteiger charge is -2.32. The summed E-state index contributed by atoms with van der Waals surface area (Å²) in [4.78, 5) is 25.4. The molecule has 1 fully saturated rings. The van der Waals surface area contributed by atoms with E-state index in [0.29, 0.717) is 30.4 Å². The van der Waals surface area contributed by atoms with Gasteiger partial charge in [0.15, 0.2) is 0 Å². The lowest BCUT2D eigenvalue weighted by atomic mass is 9.98. The molecule has 1 atom stereocenters. The summed E-state index contributed by atoms with van der Waals surface area (Å²) in [7, 11) is 0. The van der Waals surface area contributed by atoms with Gasteiger partial charge in [0, 0.05) is 13.1 Å². The zero-order chi connectivity index (χ0) is 13.8. The van der Waals surface area contributed by atoms with Crippen molar-refractivity contribution < 1.29 is 9.53 Å². The molecular weight excluding hydrogens is 270 g/mol. The van der Waals surface area contributed by atoms with Crippen LogP contribution >= 0.6 is 11.6 Å². The Hall–Kier alpha value is -1.56. The molecule has 2 heterocycles. The second-order valence-corrected chi connectivity index (χ2v) is 4.84. The van der Waals surface area contributed by atoms with Crippen molar-refractivity contribution in [3.63, 3.8) is 0 Å². The van der Waals surface area contributed by atoms with Gasteiger partial charge >= 0.3 is 5.97 Å². The van der Waals surface area contributed by atoms with Gasteiger partial charge in [0.05, 0.1) is 23.7 Å². The van der Waals surface area contributed by atoms with Crippen LogP contribution in [0, 0.1) is 5.92 Å². The van der Waals surface area contributed by atoms with E-state index in [9.17, 15) is 9.59 Å². The first-order valence-electron chi connectivity index (χ1n) is 6.28. The van der Waals surface area contributed by atoms with E-state index >= 15 is 0 Å². The van der Waals surface area contributed by atoms with Gasteiger partial charge in [0.25, 0.3) is 5.56 Å². The maximum atomic E-state index is 11.8. The first kappa shape index (κ1) is 13.9. The van der Waals surface area contributed by atoms with Gasteiger partial charge in [-0.25, -0.2) is 5.10 Å². The van der Waals surface area contributed by atoms with Crippen molar-refractivity contribution in [1.82, 2.24) is 10.2 Å². The Morgan fingerprint density at radius 1 is 1.68 bits per heavy atom. The van der Waals surface area contributed by atoms with E-state index in [4.69, 9.17) is 16.3 Å². The summed E-state index contributed by atoms with van der Waals surface area (Å²) in [5, 5.41) is 6.29. The van der Waals surface area contributed by atoms with Gasteiger partial charge < -0.3 is 9.64 Å². The molecule has 0 aliphatic carbocycles. The van der Waals surface area contributed by atoms with Gasteiger partial charge in [0.2, 0.25) is 0 Å². The third-order valence-corrected chi connectivity index (χ3v) is 3.42. The molecule has 0 radical (unpaired) electrons. The monoisotopic (exact) mass is 285 g/mol. The number of aromatic nitrogens is 2. The normalized spacial score (nSPS) is 19.3. The number of aromatic amines is 1. The highest BCUT2D eigenvalue weighted by Gasteiger charge is 2.29. The minimum absolute atomic E-state index is 0.211. The van der Waals surface area contributed by atoms with E-state index in [2.05, 4.69) is 10.2 Å². The summed E-state index contributed by atoms with van der Waals surface area (Å²) in [6.07, 6.45) is 2.99. The van der Waals surface area contributed by atoms with E-state index < -0.39 is 0 Å². The molecule has 1 N–H and O–H groups in total. The Kier molecular flexibility index (Phi) is 4.42. The zero-order valence-corrected chi connectivity index (χ0v) is 11.4. The molecule has 1 saturated heterocycles. The van der Waals surface area contributed by atoms with E-state index in [1.807, 2.05) is 4.90 Å². The number of nitrogens with zero attached hydrogens (tertiary/aromatic N) is 2. The van der Waals surface area contributed by atoms with Crippen LogP contribution in [0.25, 0.3) is 0 Å². The van der Waals surface area contributed by atoms with Gasteiger partial charge in [-0.1, -0.05) is 11.6 Å². The molecule has 2 rings (SSSR count). The molecule has 1 aromatic rings. The Morgan fingerprint density at radius 3 is 3.16 bits per heavy atom. The number of piperidine rings is 1. The summed E-state index contributed by atoms with van der Waals surface area (Å²) in [5.41, 5.74) is 0.0441. The molecule has 7 heteroatoms. The predicted octanol–water partition coefficient (Wildman–Crippen LogP) is 1.20. The van der Waals surface area contributed by atoms with Crippen molar-refractivity contribution in [3.05, 3.63) is 21.6 Å². The Labute approximate surface area is 115 Å². The number of ether oxygens (including phenoxy) is 1. The first-order valence-corrected chi connectivity index (χ1v) is 6.66. The van der Waals surface area contributed by atoms with E-state index in [1.54, 1.807) is 6.92 Å². The van der Waals surface area contributed by atoms with Crippen molar-refractivity contribution in [2.24, 2.45) is 5.92 Å². The summed E-state index contributed by atoms with van der Waals surface area (Å²) in [6.45, 7) is 3.29. The average Bonchev–Trinajstić information content (AvgIpc) is 2.39. The molecule has 19 heavy (non-hydrogen) atoms. The lowest BCUT2D eigenvalue weighted by Crippen LogP contribution is -2.41. The largest absolute Gasteiger partial charge is 0.466 e. The van der Waals surface area contributed by atoms with Crippen LogP contribution in [0.1, 0.15) is 19.8 Å². The van der Waals surface area contributed by atoms with E-state index in [-0.39, 0.29) is 17.4 Å². The van der Waals surface area contributed by atoms with Crippen molar-refractivity contribution >= 4 is 23.3 Å². The maximum absolute atomic E-state index is 11.8. The van der Waals surface area contributed by atoms with Crippen molar-refractivity contribution in [2.45, 2.75) is 19.8 Å². The van der Waals surface area contributed by atoms with Crippen LogP contribution in [-0.2, 0) is 9.53 Å². The summed E-state index contributed by atoms with van der Waals surface area (Å²) in [6, 6.07) is 0. The molecule has 104 valence electrons. The second-order valence-electron chi connectivity index (χ2n) is 4.43. The number of H-pyrrole nitrogens is 1. The first-order chi connectivity index (χ1) is 9.13. The fourth-order valence-electron chi connectivity index (χ4n) is 2.30. The molecule has 1 aliphatic rings. The number of halogens is 1. The number of esters is 1. The standard InChI is InChI=1S/C12H16ClN3O3/c1-2-19-12(18)8-4-3-5-16(7-8)10-9(13)6-14-15-11(10)17/h6,8H,2-5,7H2,1H3,(H,15,17). The van der Waals surface area contributed by atoms with Crippen LogP contribution < -0.4 is 10.5 Å². The smallest absolute Gasteiger partial charge is 0.310 e. The number of rotatable bonds is 3. The van der Waals surface area contributed by atoms with Crippen LogP contribution in [0.4, 0.5) is 5.69 Å². The molecule has 0 saturated carbocycles. The molecule has 0 spiro atoms. The minimum Gasteiger partial charge on any atom is -0.466 e. The third-order valence-electron chi connectivity index (χ3n) is 3.14. The summed E-state index contributed by atoms with van der Waals surface area (Å²) < 4.78 is 5.03. The molecule has 1 unspecified atom stereocenters. The average molecular weight is 286 g/mol. The quantitative estimate of drug-likeness (QED) is 0.845. The van der Waals surface area contributed by atoms with E-state index in [0.717, 1.165) is 12.8 Å². The van der Waals surface area contributed by atoms with Crippen LogP contribution in [0.15, 0.2) is 11.0 Å². The fourth-order valence-corrected chi connectivity index (χ4v) is 2.55. The zero-order valence-electron chi connectivity index (χ0n) is 10.7. The molecule has 1 aliphatic heterocycles. The number of anilines is 1. The number of hydrogen-bond acceptors (Lipinski definition) is 5. The number of hydrogen-bond donors (Lipinski definition) is 1. The molecule has 0 amide bonds. The summed E-state index contributed by atoms with van der Waals surface area (Å²) >= 11 is 6.01. The highest BCUT2D eigenvalue weighted by Crippen LogP contribution is 2.26. The minimum atomic E-state index is -0.336. The van der Waals surface area contributed by atoms with Crippen LogP contribution in [0.2, 0.25) is 5.02 Å². The van der Waals surface area contributed by atoms with Crippen molar-refractivity contribution in [1.29, 1.82) is 0 Å². The molecular formula is C12H16ClN3O3. The van der Waals surface area contributed by atoms with Gasteiger partial charge in [-0.05, 0) is 19.8 Å². The van der Waals surface area contributed by atoms with Gasteiger partial charge in [0.1, 0.15) is 5.69 Å². The molecule has 6 nitrogen and oxygen atoms in total. The Morgan fingerprint density at radius 2 is 2.47 bits per heavy atom. The highest BCUT2D eigenvalue weighted by atomic mass is 35.5. The number of carbonyl (C=O) groups is 1. The predicted molar refractivity (Wildman–Crippen MR) is 71.4 cm³/mol. The highest BCUT2D eigenvalue weighted by molar-refractivity contribution is 6.33. The Bertz CT molecular complexity index is 517. The topological polar surface area (TPSA) is 75.3 Å². The number of nitrogens with one attached hydrogen (secondary N) is 1. The Balaban J connectivity index is 2.17. The lowest BCUT2D eigenvalue weighted by molar-refractivity contribution is -0.148. The third kappa shape index (κ3) is 3.07. The van der Waals surface area contributed by atoms with Crippen LogP contribution in [0.5, 0.6) is 0 Å². The van der Waals surface area contributed by atoms with Gasteiger partial charge in [-0.2, -0.15) is 5.10 Å². The fraction of sp³-hybridized carbons (Fsp3) is 0.583. The second kappa shape index (κ2) is 6.06. The summed E-state index contributed by atoms with van der Waals surface area (Å²) in [5.74, 6) is -0.425. The van der Waals surface area contributed by atoms with Gasteiger partial charge in [-0.3, -0.25) is 9.59 Å². The molecule has 1 aromatic heterocycles. The van der Waals surface area contributed by atoms with Gasteiger partial charge in [-0.15, -0.1) is 0 Å².